The van der Waals surface area contributed by atoms with Crippen molar-refractivity contribution >= 4 is 0 Å². The normalized spacial score (nSPS) is 19.0. The minimum Gasteiger partial charge on any atom is -0.330 e. The Morgan fingerprint density at radius 3 is 2.38 bits per heavy atom. The van der Waals surface area contributed by atoms with Gasteiger partial charge in [0.05, 0.1) is 0 Å². The molecule has 16 heavy (non-hydrogen) atoms. The fourth-order valence-electron chi connectivity index (χ4n) is 3.20. The van der Waals surface area contributed by atoms with Gasteiger partial charge in [0.25, 0.3) is 0 Å². The van der Waals surface area contributed by atoms with Crippen molar-refractivity contribution in [1.29, 1.82) is 0 Å². The molecular formula is C14H20FN. The van der Waals surface area contributed by atoms with E-state index >= 15 is 0 Å². The number of halogens is 1. The zero-order valence-electron chi connectivity index (χ0n) is 10.1. The molecule has 0 radical (unpaired) electrons. The molecule has 1 fully saturated rings. The van der Waals surface area contributed by atoms with Gasteiger partial charge in [-0.1, -0.05) is 18.9 Å². The number of aryl methyl sites for hydroxylation is 2. The maximum absolute atomic E-state index is 14.1. The van der Waals surface area contributed by atoms with E-state index < -0.39 is 0 Å². The van der Waals surface area contributed by atoms with Crippen molar-refractivity contribution in [2.75, 3.05) is 6.54 Å². The topological polar surface area (TPSA) is 26.0 Å². The molecule has 1 aliphatic rings. The lowest BCUT2D eigenvalue weighted by Crippen LogP contribution is -2.34. The number of rotatable bonds is 2. The molecule has 1 aromatic carbocycles. The summed E-state index contributed by atoms with van der Waals surface area (Å²) in [7, 11) is 0. The van der Waals surface area contributed by atoms with Gasteiger partial charge < -0.3 is 5.73 Å². The largest absolute Gasteiger partial charge is 0.330 e. The SMILES string of the molecule is Cc1cc(C)c(C2(CN)CCCC2)c(F)c1. The summed E-state index contributed by atoms with van der Waals surface area (Å²) in [6.07, 6.45) is 4.41. The summed E-state index contributed by atoms with van der Waals surface area (Å²) >= 11 is 0. The van der Waals surface area contributed by atoms with Crippen LogP contribution in [0.2, 0.25) is 0 Å². The minimum absolute atomic E-state index is 0.0650. The van der Waals surface area contributed by atoms with Gasteiger partial charge in [-0.3, -0.25) is 0 Å². The van der Waals surface area contributed by atoms with Gasteiger partial charge in [-0.15, -0.1) is 0 Å². The van der Waals surface area contributed by atoms with E-state index in [2.05, 4.69) is 6.07 Å². The first-order valence-electron chi connectivity index (χ1n) is 6.06. The van der Waals surface area contributed by atoms with Crippen LogP contribution < -0.4 is 5.73 Å². The van der Waals surface area contributed by atoms with Crippen LogP contribution in [0.3, 0.4) is 0 Å². The summed E-state index contributed by atoms with van der Waals surface area (Å²) < 4.78 is 14.1. The average Bonchev–Trinajstić information content (AvgIpc) is 2.66. The van der Waals surface area contributed by atoms with Crippen molar-refractivity contribution in [3.8, 4) is 0 Å². The maximum Gasteiger partial charge on any atom is 0.127 e. The number of hydrogen-bond donors (Lipinski definition) is 1. The van der Waals surface area contributed by atoms with Crippen LogP contribution in [-0.4, -0.2) is 6.54 Å². The number of hydrogen-bond acceptors (Lipinski definition) is 1. The van der Waals surface area contributed by atoms with Gasteiger partial charge in [0.1, 0.15) is 5.82 Å². The first kappa shape index (κ1) is 11.6. The molecule has 1 aliphatic carbocycles. The molecule has 0 aromatic heterocycles. The summed E-state index contributed by atoms with van der Waals surface area (Å²) in [5, 5.41) is 0. The van der Waals surface area contributed by atoms with Gasteiger partial charge in [0.15, 0.2) is 0 Å². The summed E-state index contributed by atoms with van der Waals surface area (Å²) in [6, 6.07) is 3.70. The van der Waals surface area contributed by atoms with Crippen molar-refractivity contribution in [1.82, 2.24) is 0 Å². The molecule has 2 rings (SSSR count). The van der Waals surface area contributed by atoms with E-state index in [0.717, 1.165) is 29.5 Å². The smallest absolute Gasteiger partial charge is 0.127 e. The maximum atomic E-state index is 14.1. The van der Waals surface area contributed by atoms with Crippen molar-refractivity contribution in [3.05, 3.63) is 34.6 Å². The number of nitrogens with two attached hydrogens (primary N) is 1. The van der Waals surface area contributed by atoms with Crippen LogP contribution in [0.1, 0.15) is 42.4 Å². The first-order chi connectivity index (χ1) is 7.59. The second kappa shape index (κ2) is 4.17. The van der Waals surface area contributed by atoms with Crippen molar-refractivity contribution in [2.24, 2.45) is 5.73 Å². The van der Waals surface area contributed by atoms with Crippen LogP contribution in [-0.2, 0) is 5.41 Å². The Kier molecular flexibility index (Phi) is 3.02. The van der Waals surface area contributed by atoms with Crippen LogP contribution in [0.4, 0.5) is 4.39 Å². The fourth-order valence-corrected chi connectivity index (χ4v) is 3.20. The first-order valence-corrected chi connectivity index (χ1v) is 6.06. The highest BCUT2D eigenvalue weighted by Gasteiger charge is 2.37. The Bertz CT molecular complexity index is 369. The molecule has 1 aromatic rings. The molecule has 0 unspecified atom stereocenters. The van der Waals surface area contributed by atoms with E-state index in [-0.39, 0.29) is 11.2 Å². The highest BCUT2D eigenvalue weighted by atomic mass is 19.1. The lowest BCUT2D eigenvalue weighted by molar-refractivity contribution is 0.424. The van der Waals surface area contributed by atoms with E-state index in [9.17, 15) is 4.39 Å². The van der Waals surface area contributed by atoms with E-state index in [1.54, 1.807) is 6.07 Å². The summed E-state index contributed by atoms with van der Waals surface area (Å²) in [4.78, 5) is 0. The molecule has 0 spiro atoms. The van der Waals surface area contributed by atoms with Crippen LogP contribution in [0.25, 0.3) is 0 Å². The molecule has 2 N–H and O–H groups in total. The highest BCUT2D eigenvalue weighted by molar-refractivity contribution is 5.39. The minimum atomic E-state index is -0.0954. The second-order valence-corrected chi connectivity index (χ2v) is 5.13. The second-order valence-electron chi connectivity index (χ2n) is 5.13. The molecule has 0 bridgehead atoms. The predicted octanol–water partition coefficient (Wildman–Crippen LogP) is 3.21. The van der Waals surface area contributed by atoms with E-state index in [4.69, 9.17) is 5.73 Å². The van der Waals surface area contributed by atoms with Crippen LogP contribution in [0, 0.1) is 19.7 Å². The predicted molar refractivity (Wildman–Crippen MR) is 65.1 cm³/mol. The zero-order valence-corrected chi connectivity index (χ0v) is 10.1. The molecule has 0 saturated heterocycles. The standard InChI is InChI=1S/C14H20FN/c1-10-7-11(2)13(12(15)8-10)14(9-16)5-3-4-6-14/h7-8H,3-6,9,16H2,1-2H3. The van der Waals surface area contributed by atoms with Gasteiger partial charge in [0, 0.05) is 12.0 Å². The lowest BCUT2D eigenvalue weighted by Gasteiger charge is -2.30. The summed E-state index contributed by atoms with van der Waals surface area (Å²) in [5.41, 5.74) is 8.74. The van der Waals surface area contributed by atoms with Crippen LogP contribution in [0.5, 0.6) is 0 Å². The molecule has 0 heterocycles. The molecule has 2 heteroatoms. The molecule has 0 atom stereocenters. The van der Waals surface area contributed by atoms with Crippen LogP contribution in [0.15, 0.2) is 12.1 Å². The van der Waals surface area contributed by atoms with Gasteiger partial charge in [-0.25, -0.2) is 4.39 Å². The molecule has 88 valence electrons. The molecular weight excluding hydrogens is 201 g/mol. The van der Waals surface area contributed by atoms with Crippen molar-refractivity contribution in [3.63, 3.8) is 0 Å². The lowest BCUT2D eigenvalue weighted by atomic mass is 9.76. The Balaban J connectivity index is 2.54. The molecule has 1 nitrogen and oxygen atoms in total. The fraction of sp³-hybridized carbons (Fsp3) is 0.571. The van der Waals surface area contributed by atoms with Crippen LogP contribution >= 0.6 is 0 Å². The van der Waals surface area contributed by atoms with Gasteiger partial charge >= 0.3 is 0 Å². The zero-order chi connectivity index (χ0) is 11.8. The Hall–Kier alpha value is -0.890. The van der Waals surface area contributed by atoms with Gasteiger partial charge in [-0.2, -0.15) is 0 Å². The van der Waals surface area contributed by atoms with E-state index in [1.165, 1.54) is 12.8 Å². The average molecular weight is 221 g/mol. The monoisotopic (exact) mass is 221 g/mol. The van der Waals surface area contributed by atoms with E-state index in [1.807, 2.05) is 13.8 Å². The summed E-state index contributed by atoms with van der Waals surface area (Å²) in [6.45, 7) is 4.50. The van der Waals surface area contributed by atoms with Gasteiger partial charge in [-0.05, 0) is 49.4 Å². The highest BCUT2D eigenvalue weighted by Crippen LogP contribution is 2.42. The Labute approximate surface area is 96.9 Å². The summed E-state index contributed by atoms with van der Waals surface area (Å²) in [5.74, 6) is -0.0650. The molecule has 0 amide bonds. The van der Waals surface area contributed by atoms with Gasteiger partial charge in [0.2, 0.25) is 0 Å². The Morgan fingerprint density at radius 2 is 1.88 bits per heavy atom. The quantitative estimate of drug-likeness (QED) is 0.815. The molecule has 0 aliphatic heterocycles. The third kappa shape index (κ3) is 1.75. The number of benzene rings is 1. The van der Waals surface area contributed by atoms with E-state index in [0.29, 0.717) is 6.54 Å². The Morgan fingerprint density at radius 1 is 1.25 bits per heavy atom. The third-order valence-corrected chi connectivity index (χ3v) is 3.91. The van der Waals surface area contributed by atoms with Crippen molar-refractivity contribution < 1.29 is 4.39 Å². The third-order valence-electron chi connectivity index (χ3n) is 3.91. The van der Waals surface area contributed by atoms with Crippen molar-refractivity contribution in [2.45, 2.75) is 44.9 Å². The molecule has 1 saturated carbocycles.